The lowest BCUT2D eigenvalue weighted by atomic mass is 10.2. The van der Waals surface area contributed by atoms with Gasteiger partial charge >= 0.3 is 0 Å². The normalized spacial score (nSPS) is 21.8. The van der Waals surface area contributed by atoms with Crippen LogP contribution in [0.4, 0.5) is 10.1 Å². The number of likely N-dealkylation sites (tertiary alicyclic amines) is 1. The maximum Gasteiger partial charge on any atom is 0.170 e. The number of anilines is 1. The highest BCUT2D eigenvalue weighted by molar-refractivity contribution is 7.80. The summed E-state index contributed by atoms with van der Waals surface area (Å²) in [5.41, 5.74) is 1.33. The topological polar surface area (TPSA) is 28.5 Å². The summed E-state index contributed by atoms with van der Waals surface area (Å²) in [6.07, 6.45) is 2.54. The number of likely N-dealkylation sites (N-methyl/N-ethyl adjacent to an activating group) is 1. The van der Waals surface area contributed by atoms with E-state index < -0.39 is 0 Å². The molecule has 2 rings (SSSR count). The number of rotatable bonds is 4. The summed E-state index contributed by atoms with van der Waals surface area (Å²) < 4.78 is 13.5. The molecule has 0 spiro atoms. The quantitative estimate of drug-likeness (QED) is 0.735. The van der Waals surface area contributed by atoms with Crippen molar-refractivity contribution in [2.45, 2.75) is 32.7 Å². The molecule has 1 aromatic carbocycles. The molecule has 1 saturated heterocycles. The lowest BCUT2D eigenvalue weighted by Gasteiger charge is -2.21. The Morgan fingerprint density at radius 1 is 1.50 bits per heavy atom. The second-order valence-corrected chi connectivity index (χ2v) is 5.81. The highest BCUT2D eigenvalue weighted by Gasteiger charge is 2.26. The van der Waals surface area contributed by atoms with E-state index >= 15 is 0 Å². The third-order valence-corrected chi connectivity index (χ3v) is 4.27. The maximum absolute atomic E-state index is 13.5. The minimum Gasteiger partial charge on any atom is -0.356 e. The molecule has 1 aliphatic rings. The van der Waals surface area contributed by atoms with Gasteiger partial charge in [0.15, 0.2) is 5.11 Å². The van der Waals surface area contributed by atoms with E-state index in [0.717, 1.165) is 13.1 Å². The van der Waals surface area contributed by atoms with Gasteiger partial charge in [-0.3, -0.25) is 0 Å². The summed E-state index contributed by atoms with van der Waals surface area (Å²) in [6.45, 7) is 7.27. The van der Waals surface area contributed by atoms with E-state index in [0.29, 0.717) is 22.4 Å². The Hall–Kier alpha value is -1.20. The van der Waals surface area contributed by atoms with Crippen molar-refractivity contribution in [1.82, 2.24) is 5.32 Å². The van der Waals surface area contributed by atoms with Crippen LogP contribution < -0.4 is 15.5 Å². The van der Waals surface area contributed by atoms with Crippen molar-refractivity contribution >= 4 is 23.0 Å². The summed E-state index contributed by atoms with van der Waals surface area (Å²) in [6, 6.07) is 5.70. The molecule has 5 heteroatoms. The molecule has 1 aliphatic heterocycles. The van der Waals surface area contributed by atoms with E-state index in [9.17, 15) is 4.39 Å². The minimum absolute atomic E-state index is 0.213. The van der Waals surface area contributed by atoms with Crippen LogP contribution in [0.1, 0.15) is 25.3 Å². The van der Waals surface area contributed by atoms with Crippen molar-refractivity contribution < 1.29 is 9.29 Å². The first kappa shape index (κ1) is 15.2. The second kappa shape index (κ2) is 6.99. The van der Waals surface area contributed by atoms with Crippen LogP contribution in [0, 0.1) is 12.7 Å². The number of nitrogens with one attached hydrogen (secondary N) is 3. The number of hydrogen-bond acceptors (Lipinski definition) is 1. The van der Waals surface area contributed by atoms with Crippen LogP contribution in [-0.2, 0) is 0 Å². The van der Waals surface area contributed by atoms with Crippen molar-refractivity contribution in [3.05, 3.63) is 29.6 Å². The predicted octanol–water partition coefficient (Wildman–Crippen LogP) is 1.49. The van der Waals surface area contributed by atoms with E-state index in [1.54, 1.807) is 17.9 Å². The number of benzene rings is 1. The van der Waals surface area contributed by atoms with Crippen LogP contribution in [0.15, 0.2) is 18.2 Å². The van der Waals surface area contributed by atoms with Crippen LogP contribution >= 0.6 is 12.2 Å². The van der Waals surface area contributed by atoms with Gasteiger partial charge in [-0.25, -0.2) is 4.39 Å². The first-order valence-electron chi connectivity index (χ1n) is 7.25. The van der Waals surface area contributed by atoms with Crippen molar-refractivity contribution in [3.63, 3.8) is 0 Å². The summed E-state index contributed by atoms with van der Waals surface area (Å²) in [4.78, 5) is 1.64. The zero-order valence-corrected chi connectivity index (χ0v) is 12.9. The molecule has 2 atom stereocenters. The number of quaternary nitrogens is 1. The van der Waals surface area contributed by atoms with E-state index in [4.69, 9.17) is 12.2 Å². The van der Waals surface area contributed by atoms with Crippen molar-refractivity contribution in [2.75, 3.05) is 25.0 Å². The number of aryl methyl sites for hydroxylation is 1. The molecule has 1 unspecified atom stereocenters. The van der Waals surface area contributed by atoms with Gasteiger partial charge < -0.3 is 15.5 Å². The van der Waals surface area contributed by atoms with E-state index in [1.165, 1.54) is 25.5 Å². The molecule has 0 aliphatic carbocycles. The fourth-order valence-electron chi connectivity index (χ4n) is 2.76. The minimum atomic E-state index is -0.213. The van der Waals surface area contributed by atoms with Gasteiger partial charge in [0.05, 0.1) is 19.6 Å². The van der Waals surface area contributed by atoms with Crippen molar-refractivity contribution in [1.29, 1.82) is 0 Å². The van der Waals surface area contributed by atoms with Crippen LogP contribution in [0.25, 0.3) is 0 Å². The molecule has 3 N–H and O–H groups in total. The Labute approximate surface area is 125 Å². The van der Waals surface area contributed by atoms with Crippen LogP contribution in [0.2, 0.25) is 0 Å². The molecule has 1 heterocycles. The van der Waals surface area contributed by atoms with Gasteiger partial charge in [-0.15, -0.1) is 0 Å². The van der Waals surface area contributed by atoms with Gasteiger partial charge in [0, 0.05) is 18.5 Å². The Morgan fingerprint density at radius 2 is 2.30 bits per heavy atom. The maximum atomic E-state index is 13.5. The monoisotopic (exact) mass is 296 g/mol. The average molecular weight is 296 g/mol. The Balaban J connectivity index is 1.81. The SMILES string of the molecule is CC[NH+]1CCC[C@H]1CNC(=S)Nc1ccc(C)c(F)c1. The van der Waals surface area contributed by atoms with Gasteiger partial charge in [-0.2, -0.15) is 0 Å². The summed E-state index contributed by atoms with van der Waals surface area (Å²) in [7, 11) is 0. The summed E-state index contributed by atoms with van der Waals surface area (Å²) in [5, 5.41) is 6.85. The predicted molar refractivity (Wildman–Crippen MR) is 84.8 cm³/mol. The number of halogens is 1. The molecule has 20 heavy (non-hydrogen) atoms. The molecule has 110 valence electrons. The fraction of sp³-hybridized carbons (Fsp3) is 0.533. The first-order chi connectivity index (χ1) is 9.60. The van der Waals surface area contributed by atoms with Crippen molar-refractivity contribution in [3.8, 4) is 0 Å². The standard InChI is InChI=1S/C15H22FN3S/c1-3-19-8-4-5-13(19)10-17-15(20)18-12-7-6-11(2)14(16)9-12/h6-7,9,13H,3-5,8,10H2,1-2H3,(H2,17,18,20)/p+1/t13-/m0/s1. The van der Waals surface area contributed by atoms with Crippen LogP contribution in [-0.4, -0.2) is 30.8 Å². The molecule has 0 saturated carbocycles. The van der Waals surface area contributed by atoms with Crippen LogP contribution in [0.3, 0.4) is 0 Å². The molecular formula is C15H23FN3S+. The Kier molecular flexibility index (Phi) is 5.31. The third-order valence-electron chi connectivity index (χ3n) is 4.02. The van der Waals surface area contributed by atoms with E-state index in [2.05, 4.69) is 17.6 Å². The highest BCUT2D eigenvalue weighted by Crippen LogP contribution is 2.13. The lowest BCUT2D eigenvalue weighted by Crippen LogP contribution is -3.14. The van der Waals surface area contributed by atoms with Crippen LogP contribution in [0.5, 0.6) is 0 Å². The van der Waals surface area contributed by atoms with Gasteiger partial charge in [0.1, 0.15) is 11.9 Å². The lowest BCUT2D eigenvalue weighted by molar-refractivity contribution is -0.909. The Morgan fingerprint density at radius 3 is 3.00 bits per heavy atom. The zero-order chi connectivity index (χ0) is 14.5. The highest BCUT2D eigenvalue weighted by atomic mass is 32.1. The molecule has 0 radical (unpaired) electrons. The molecular weight excluding hydrogens is 273 g/mol. The fourth-order valence-corrected chi connectivity index (χ4v) is 2.96. The third kappa shape index (κ3) is 3.90. The van der Waals surface area contributed by atoms with Gasteiger partial charge in [0.25, 0.3) is 0 Å². The second-order valence-electron chi connectivity index (χ2n) is 5.40. The molecule has 0 amide bonds. The molecule has 1 fully saturated rings. The molecule has 0 bridgehead atoms. The number of hydrogen-bond donors (Lipinski definition) is 3. The van der Waals surface area contributed by atoms with E-state index in [1.807, 2.05) is 6.07 Å². The number of thiocarbonyl (C=S) groups is 1. The summed E-state index contributed by atoms with van der Waals surface area (Å²) >= 11 is 5.27. The molecule has 0 aromatic heterocycles. The summed E-state index contributed by atoms with van der Waals surface area (Å²) in [5.74, 6) is -0.213. The van der Waals surface area contributed by atoms with E-state index in [-0.39, 0.29) is 5.82 Å². The molecule has 1 aromatic rings. The van der Waals surface area contributed by atoms with Gasteiger partial charge in [-0.05, 0) is 43.8 Å². The smallest absolute Gasteiger partial charge is 0.170 e. The van der Waals surface area contributed by atoms with Crippen molar-refractivity contribution in [2.24, 2.45) is 0 Å². The first-order valence-corrected chi connectivity index (χ1v) is 7.66. The zero-order valence-electron chi connectivity index (χ0n) is 12.1. The largest absolute Gasteiger partial charge is 0.356 e. The average Bonchev–Trinajstić information content (AvgIpc) is 2.88. The van der Waals surface area contributed by atoms with Gasteiger partial charge in [0.2, 0.25) is 0 Å². The molecule has 3 nitrogen and oxygen atoms in total. The van der Waals surface area contributed by atoms with Gasteiger partial charge in [-0.1, -0.05) is 6.07 Å². The Bertz CT molecular complexity index is 478.